The molecule has 0 aromatic carbocycles. The molecule has 1 N–H and O–H groups in total. The van der Waals surface area contributed by atoms with Crippen molar-refractivity contribution in [1.82, 2.24) is 14.7 Å². The molecule has 0 bridgehead atoms. The first-order chi connectivity index (χ1) is 9.71. The van der Waals surface area contributed by atoms with E-state index in [9.17, 15) is 22.8 Å². The van der Waals surface area contributed by atoms with Gasteiger partial charge in [0.2, 0.25) is 5.91 Å². The summed E-state index contributed by atoms with van der Waals surface area (Å²) in [5.41, 5.74) is -1.08. The summed E-state index contributed by atoms with van der Waals surface area (Å²) in [4.78, 5) is 24.5. The van der Waals surface area contributed by atoms with E-state index in [-0.39, 0.29) is 6.54 Å². The van der Waals surface area contributed by atoms with Crippen LogP contribution in [0.5, 0.6) is 0 Å². The van der Waals surface area contributed by atoms with Crippen molar-refractivity contribution >= 4 is 11.9 Å². The maximum Gasteiger partial charge on any atom is 0.435 e. The third-order valence-electron chi connectivity index (χ3n) is 3.47. The number of aliphatic carboxylic acids is 1. The Morgan fingerprint density at radius 1 is 1.48 bits per heavy atom. The van der Waals surface area contributed by atoms with Crippen molar-refractivity contribution in [1.29, 1.82) is 0 Å². The molecule has 21 heavy (non-hydrogen) atoms. The number of alkyl halides is 3. The van der Waals surface area contributed by atoms with Crippen molar-refractivity contribution in [3.8, 4) is 0 Å². The molecule has 0 spiro atoms. The number of nitrogens with zero attached hydrogens (tertiary/aromatic N) is 3. The molecule has 1 amide bonds. The van der Waals surface area contributed by atoms with Gasteiger partial charge in [0.25, 0.3) is 0 Å². The zero-order valence-corrected chi connectivity index (χ0v) is 11.2. The predicted octanol–water partition coefficient (Wildman–Crippen LogP) is 1.54. The number of carbonyl (C=O) groups excluding carboxylic acids is 1. The number of carbonyl (C=O) groups is 2. The van der Waals surface area contributed by atoms with Crippen molar-refractivity contribution in [2.24, 2.45) is 0 Å². The van der Waals surface area contributed by atoms with Crippen LogP contribution in [0.25, 0.3) is 0 Å². The fraction of sp³-hybridized carbons (Fsp3) is 0.583. The number of likely N-dealkylation sites (tertiary alicyclic amines) is 1. The van der Waals surface area contributed by atoms with Crippen molar-refractivity contribution in [2.45, 2.75) is 38.0 Å². The van der Waals surface area contributed by atoms with Gasteiger partial charge in [0, 0.05) is 12.7 Å². The molecule has 2 rings (SSSR count). The first-order valence-corrected chi connectivity index (χ1v) is 6.37. The highest BCUT2D eigenvalue weighted by atomic mass is 19.4. The molecule has 2 heterocycles. The summed E-state index contributed by atoms with van der Waals surface area (Å²) >= 11 is 0. The highest BCUT2D eigenvalue weighted by molar-refractivity contribution is 5.86. The van der Waals surface area contributed by atoms with Crippen LogP contribution in [-0.4, -0.2) is 44.3 Å². The van der Waals surface area contributed by atoms with Crippen LogP contribution < -0.4 is 0 Å². The zero-order chi connectivity index (χ0) is 15.8. The second kappa shape index (κ2) is 5.38. The third-order valence-corrected chi connectivity index (χ3v) is 3.47. The average molecular weight is 305 g/mol. The second-order valence-electron chi connectivity index (χ2n) is 4.88. The lowest BCUT2D eigenvalue weighted by atomic mass is 10.2. The molecular formula is C12H14F3N3O3. The molecule has 2 atom stereocenters. The number of carboxylic acids is 1. The number of amides is 1. The van der Waals surface area contributed by atoms with Crippen LogP contribution in [0.3, 0.4) is 0 Å². The Morgan fingerprint density at radius 2 is 2.14 bits per heavy atom. The summed E-state index contributed by atoms with van der Waals surface area (Å²) in [7, 11) is 0. The quantitative estimate of drug-likeness (QED) is 0.919. The zero-order valence-electron chi connectivity index (χ0n) is 11.2. The number of hydrogen-bond acceptors (Lipinski definition) is 3. The van der Waals surface area contributed by atoms with E-state index in [0.29, 0.717) is 12.8 Å². The van der Waals surface area contributed by atoms with Crippen molar-refractivity contribution < 1.29 is 27.9 Å². The maximum absolute atomic E-state index is 12.5. The van der Waals surface area contributed by atoms with Gasteiger partial charge in [0.05, 0.1) is 0 Å². The van der Waals surface area contributed by atoms with Gasteiger partial charge in [-0.1, -0.05) is 0 Å². The molecule has 0 saturated carbocycles. The van der Waals surface area contributed by atoms with Crippen LogP contribution >= 0.6 is 0 Å². The monoisotopic (exact) mass is 305 g/mol. The van der Waals surface area contributed by atoms with Gasteiger partial charge in [-0.2, -0.15) is 18.3 Å². The molecule has 9 heteroatoms. The predicted molar refractivity (Wildman–Crippen MR) is 64.3 cm³/mol. The average Bonchev–Trinajstić information content (AvgIpc) is 3.04. The lowest BCUT2D eigenvalue weighted by Crippen LogP contribution is -2.43. The van der Waals surface area contributed by atoms with Gasteiger partial charge in [0.1, 0.15) is 12.1 Å². The lowest BCUT2D eigenvalue weighted by Gasteiger charge is -2.25. The third kappa shape index (κ3) is 3.01. The van der Waals surface area contributed by atoms with Gasteiger partial charge in [-0.05, 0) is 25.8 Å². The van der Waals surface area contributed by atoms with Gasteiger partial charge in [0.15, 0.2) is 5.69 Å². The van der Waals surface area contributed by atoms with Crippen LogP contribution in [0.4, 0.5) is 13.2 Å². The Balaban J connectivity index is 2.16. The number of halogens is 3. The molecule has 2 unspecified atom stereocenters. The molecule has 1 aliphatic rings. The fourth-order valence-electron chi connectivity index (χ4n) is 2.35. The van der Waals surface area contributed by atoms with Crippen LogP contribution in [0.1, 0.15) is 31.5 Å². The van der Waals surface area contributed by atoms with Crippen molar-refractivity contribution in [3.05, 3.63) is 18.0 Å². The Hall–Kier alpha value is -2.06. The standard InChI is InChI=1S/C12H14F3N3O3/c1-7(18-6-4-9(16-18)12(13,14)15)10(19)17-5-2-3-8(17)11(20)21/h4,6-8H,2-3,5H2,1H3,(H,20,21). The number of rotatable bonds is 3. The van der Waals surface area contributed by atoms with E-state index < -0.39 is 35.8 Å². The minimum Gasteiger partial charge on any atom is -0.480 e. The fourth-order valence-corrected chi connectivity index (χ4v) is 2.35. The second-order valence-corrected chi connectivity index (χ2v) is 4.88. The van der Waals surface area contributed by atoms with Crippen molar-refractivity contribution in [3.63, 3.8) is 0 Å². The van der Waals surface area contributed by atoms with Crippen LogP contribution in [0.2, 0.25) is 0 Å². The summed E-state index contributed by atoms with van der Waals surface area (Å²) in [5, 5.41) is 12.4. The minimum atomic E-state index is -4.58. The molecule has 1 aromatic heterocycles. The van der Waals surface area contributed by atoms with Gasteiger partial charge >= 0.3 is 12.1 Å². The lowest BCUT2D eigenvalue weighted by molar-refractivity contribution is -0.149. The molecule has 1 aromatic rings. The van der Waals surface area contributed by atoms with E-state index in [2.05, 4.69) is 5.10 Å². The Morgan fingerprint density at radius 3 is 2.67 bits per heavy atom. The summed E-state index contributed by atoms with van der Waals surface area (Å²) in [5.74, 6) is -1.65. The van der Waals surface area contributed by atoms with Gasteiger partial charge in [-0.25, -0.2) is 4.79 Å². The summed E-state index contributed by atoms with van der Waals surface area (Å²) in [6.07, 6.45) is -2.61. The summed E-state index contributed by atoms with van der Waals surface area (Å²) < 4.78 is 38.4. The van der Waals surface area contributed by atoms with Gasteiger partial charge < -0.3 is 10.0 Å². The molecule has 6 nitrogen and oxygen atoms in total. The van der Waals surface area contributed by atoms with E-state index in [1.54, 1.807) is 0 Å². The molecule has 1 aliphatic heterocycles. The smallest absolute Gasteiger partial charge is 0.435 e. The number of hydrogen-bond donors (Lipinski definition) is 1. The maximum atomic E-state index is 12.5. The van der Waals surface area contributed by atoms with Gasteiger partial charge in [-0.15, -0.1) is 0 Å². The minimum absolute atomic E-state index is 0.285. The van der Waals surface area contributed by atoms with E-state index in [1.165, 1.54) is 11.8 Å². The molecule has 116 valence electrons. The highest BCUT2D eigenvalue weighted by Gasteiger charge is 2.38. The largest absolute Gasteiger partial charge is 0.480 e. The van der Waals surface area contributed by atoms with E-state index in [1.807, 2.05) is 0 Å². The topological polar surface area (TPSA) is 75.4 Å². The van der Waals surface area contributed by atoms with E-state index in [4.69, 9.17) is 5.11 Å². The number of aromatic nitrogens is 2. The molecule has 1 fully saturated rings. The Labute approximate surface area is 118 Å². The van der Waals surface area contributed by atoms with Crippen LogP contribution in [-0.2, 0) is 15.8 Å². The molecule has 1 saturated heterocycles. The molecule has 0 aliphatic carbocycles. The summed E-state index contributed by atoms with van der Waals surface area (Å²) in [6, 6.07) is -1.12. The first-order valence-electron chi connectivity index (χ1n) is 6.37. The van der Waals surface area contributed by atoms with Gasteiger partial charge in [-0.3, -0.25) is 9.48 Å². The highest BCUT2D eigenvalue weighted by Crippen LogP contribution is 2.28. The van der Waals surface area contributed by atoms with E-state index >= 15 is 0 Å². The summed E-state index contributed by atoms with van der Waals surface area (Å²) in [6.45, 7) is 1.68. The molecule has 0 radical (unpaired) electrons. The SMILES string of the molecule is CC(C(=O)N1CCCC1C(=O)O)n1ccc(C(F)(F)F)n1. The Bertz CT molecular complexity index is 555. The molecular weight excluding hydrogens is 291 g/mol. The van der Waals surface area contributed by atoms with Crippen LogP contribution in [0, 0.1) is 0 Å². The van der Waals surface area contributed by atoms with Crippen molar-refractivity contribution in [2.75, 3.05) is 6.54 Å². The number of carboxylic acid groups (broad SMARTS) is 1. The normalized spacial score (nSPS) is 20.6. The first kappa shape index (κ1) is 15.3. The van der Waals surface area contributed by atoms with Crippen LogP contribution in [0.15, 0.2) is 12.3 Å². The van der Waals surface area contributed by atoms with E-state index in [0.717, 1.165) is 16.9 Å². The Kier molecular flexibility index (Phi) is 3.93.